The van der Waals surface area contributed by atoms with Gasteiger partial charge in [-0.3, -0.25) is 0 Å². The van der Waals surface area contributed by atoms with Crippen LogP contribution in [-0.2, 0) is 13.1 Å². The molecule has 1 aliphatic heterocycles. The van der Waals surface area contributed by atoms with Gasteiger partial charge in [-0.05, 0) is 6.07 Å². The van der Waals surface area contributed by atoms with Crippen LogP contribution in [0.1, 0.15) is 5.69 Å². The van der Waals surface area contributed by atoms with Gasteiger partial charge in [-0.1, -0.05) is 0 Å². The predicted octanol–water partition coefficient (Wildman–Crippen LogP) is 0.391. The number of hydrogen-bond acceptors (Lipinski definition) is 1. The molecule has 1 aromatic heterocycles. The summed E-state index contributed by atoms with van der Waals surface area (Å²) >= 11 is 0. The average Bonchev–Trinajstić information content (AvgIpc) is 2.33. The minimum Gasteiger partial charge on any atom is -0.348 e. The molecular formula is C7H9N2. The molecule has 1 aromatic rings. The number of aromatic nitrogens is 1. The van der Waals surface area contributed by atoms with Crippen LogP contribution in [0.4, 0.5) is 0 Å². The number of nitrogens with zero attached hydrogens (tertiary/aromatic N) is 1. The lowest BCUT2D eigenvalue weighted by Crippen LogP contribution is -2.27. The lowest BCUT2D eigenvalue weighted by Gasteiger charge is -2.15. The third-order valence-electron chi connectivity index (χ3n) is 1.67. The van der Waals surface area contributed by atoms with E-state index in [2.05, 4.69) is 22.1 Å². The molecule has 0 atom stereocenters. The zero-order valence-corrected chi connectivity index (χ0v) is 5.22. The van der Waals surface area contributed by atoms with Gasteiger partial charge in [-0.2, -0.15) is 0 Å². The average molecular weight is 121 g/mol. The van der Waals surface area contributed by atoms with Crippen molar-refractivity contribution in [1.29, 1.82) is 0 Å². The van der Waals surface area contributed by atoms with E-state index in [1.54, 1.807) is 0 Å². The Labute approximate surface area is 54.5 Å². The molecule has 2 heterocycles. The van der Waals surface area contributed by atoms with E-state index >= 15 is 0 Å². The van der Waals surface area contributed by atoms with E-state index in [1.807, 2.05) is 6.07 Å². The Balaban J connectivity index is 2.39. The number of fused-ring (bicyclic) bond motifs is 1. The van der Waals surface area contributed by atoms with Crippen molar-refractivity contribution in [2.24, 2.45) is 0 Å². The SMILES string of the molecule is [c]1ccn2c1CNCC2. The van der Waals surface area contributed by atoms with E-state index in [0.29, 0.717) is 0 Å². The summed E-state index contributed by atoms with van der Waals surface area (Å²) in [6.07, 6.45) is 2.08. The molecule has 1 radical (unpaired) electrons. The molecule has 0 saturated carbocycles. The maximum atomic E-state index is 3.27. The molecule has 0 fully saturated rings. The first-order valence-corrected chi connectivity index (χ1v) is 3.23. The standard InChI is InChI=1S/C7H9N2/c1-2-7-6-8-3-5-9(7)4-1/h1,4,8H,3,5-6H2. The minimum atomic E-state index is 0.979. The Morgan fingerprint density at radius 2 is 2.67 bits per heavy atom. The zero-order chi connectivity index (χ0) is 6.10. The third-order valence-corrected chi connectivity index (χ3v) is 1.67. The summed E-state index contributed by atoms with van der Waals surface area (Å²) in [5.74, 6) is 0. The maximum Gasteiger partial charge on any atom is 0.0394 e. The third kappa shape index (κ3) is 0.754. The summed E-state index contributed by atoms with van der Waals surface area (Å²) in [5, 5.41) is 3.27. The minimum absolute atomic E-state index is 0.979. The highest BCUT2D eigenvalue weighted by Crippen LogP contribution is 2.03. The van der Waals surface area contributed by atoms with E-state index < -0.39 is 0 Å². The number of rotatable bonds is 0. The van der Waals surface area contributed by atoms with Crippen LogP contribution in [0.25, 0.3) is 0 Å². The van der Waals surface area contributed by atoms with Crippen molar-refractivity contribution in [3.63, 3.8) is 0 Å². The molecule has 0 saturated heterocycles. The van der Waals surface area contributed by atoms with E-state index in [9.17, 15) is 0 Å². The van der Waals surface area contributed by atoms with Crippen molar-refractivity contribution in [1.82, 2.24) is 9.88 Å². The maximum absolute atomic E-state index is 3.27. The Kier molecular flexibility index (Phi) is 1.06. The van der Waals surface area contributed by atoms with E-state index in [4.69, 9.17) is 0 Å². The lowest BCUT2D eigenvalue weighted by molar-refractivity contribution is 0.516. The molecule has 0 spiro atoms. The van der Waals surface area contributed by atoms with Gasteiger partial charge >= 0.3 is 0 Å². The van der Waals surface area contributed by atoms with Gasteiger partial charge < -0.3 is 9.88 Å². The van der Waals surface area contributed by atoms with Gasteiger partial charge in [0.15, 0.2) is 0 Å². The monoisotopic (exact) mass is 121 g/mol. The highest BCUT2D eigenvalue weighted by Gasteiger charge is 2.04. The Morgan fingerprint density at radius 1 is 1.67 bits per heavy atom. The van der Waals surface area contributed by atoms with Gasteiger partial charge in [-0.25, -0.2) is 0 Å². The highest BCUT2D eigenvalue weighted by atomic mass is 15.1. The molecule has 0 bridgehead atoms. The van der Waals surface area contributed by atoms with Crippen molar-refractivity contribution < 1.29 is 0 Å². The van der Waals surface area contributed by atoms with Crippen LogP contribution in [-0.4, -0.2) is 11.1 Å². The van der Waals surface area contributed by atoms with E-state index in [0.717, 1.165) is 19.6 Å². The summed E-state index contributed by atoms with van der Waals surface area (Å²) in [5.41, 5.74) is 1.28. The van der Waals surface area contributed by atoms with Crippen molar-refractivity contribution in [3.05, 3.63) is 24.0 Å². The van der Waals surface area contributed by atoms with Gasteiger partial charge in [0.2, 0.25) is 0 Å². The van der Waals surface area contributed by atoms with Crippen LogP contribution in [0.3, 0.4) is 0 Å². The molecule has 9 heavy (non-hydrogen) atoms. The molecule has 0 aromatic carbocycles. The molecule has 2 nitrogen and oxygen atoms in total. The van der Waals surface area contributed by atoms with Crippen LogP contribution in [0, 0.1) is 6.07 Å². The second-order valence-electron chi connectivity index (χ2n) is 2.28. The molecule has 0 unspecified atom stereocenters. The molecular weight excluding hydrogens is 112 g/mol. The Morgan fingerprint density at radius 3 is 3.56 bits per heavy atom. The molecule has 0 aliphatic carbocycles. The fraction of sp³-hybridized carbons (Fsp3) is 0.429. The van der Waals surface area contributed by atoms with Gasteiger partial charge in [0.25, 0.3) is 0 Å². The van der Waals surface area contributed by atoms with E-state index in [-0.39, 0.29) is 0 Å². The highest BCUT2D eigenvalue weighted by molar-refractivity contribution is 5.06. The Hall–Kier alpha value is -0.760. The summed E-state index contributed by atoms with van der Waals surface area (Å²) in [6, 6.07) is 5.13. The molecule has 2 heteroatoms. The lowest BCUT2D eigenvalue weighted by atomic mass is 10.3. The van der Waals surface area contributed by atoms with Crippen LogP contribution >= 0.6 is 0 Å². The fourth-order valence-electron chi connectivity index (χ4n) is 1.16. The Bertz CT molecular complexity index is 182. The van der Waals surface area contributed by atoms with Crippen LogP contribution in [0.5, 0.6) is 0 Å². The second-order valence-corrected chi connectivity index (χ2v) is 2.28. The quantitative estimate of drug-likeness (QED) is 0.525. The van der Waals surface area contributed by atoms with Gasteiger partial charge in [-0.15, -0.1) is 0 Å². The van der Waals surface area contributed by atoms with Gasteiger partial charge in [0, 0.05) is 37.6 Å². The van der Waals surface area contributed by atoms with Crippen molar-refractivity contribution in [2.75, 3.05) is 6.54 Å². The predicted molar refractivity (Wildman–Crippen MR) is 35.0 cm³/mol. The second kappa shape index (κ2) is 1.88. The molecule has 1 N–H and O–H groups in total. The first kappa shape index (κ1) is 5.06. The fourth-order valence-corrected chi connectivity index (χ4v) is 1.16. The van der Waals surface area contributed by atoms with Gasteiger partial charge in [0.1, 0.15) is 0 Å². The normalized spacial score (nSPS) is 17.3. The molecule has 2 rings (SSSR count). The topological polar surface area (TPSA) is 17.0 Å². The van der Waals surface area contributed by atoms with Gasteiger partial charge in [0.05, 0.1) is 0 Å². The van der Waals surface area contributed by atoms with Crippen molar-refractivity contribution in [2.45, 2.75) is 13.1 Å². The largest absolute Gasteiger partial charge is 0.348 e. The van der Waals surface area contributed by atoms with Crippen LogP contribution in [0.2, 0.25) is 0 Å². The first-order chi connectivity index (χ1) is 4.47. The summed E-state index contributed by atoms with van der Waals surface area (Å²) in [7, 11) is 0. The molecule has 0 amide bonds. The van der Waals surface area contributed by atoms with Crippen LogP contribution < -0.4 is 5.32 Å². The summed E-state index contributed by atoms with van der Waals surface area (Å²) < 4.78 is 2.23. The first-order valence-electron chi connectivity index (χ1n) is 3.23. The number of hydrogen-bond donors (Lipinski definition) is 1. The van der Waals surface area contributed by atoms with Crippen molar-refractivity contribution in [3.8, 4) is 0 Å². The smallest absolute Gasteiger partial charge is 0.0394 e. The van der Waals surface area contributed by atoms with E-state index in [1.165, 1.54) is 5.69 Å². The molecule has 1 aliphatic rings. The summed E-state index contributed by atoms with van der Waals surface area (Å²) in [6.45, 7) is 3.17. The number of nitrogens with one attached hydrogen (secondary N) is 1. The van der Waals surface area contributed by atoms with Crippen molar-refractivity contribution >= 4 is 0 Å². The van der Waals surface area contributed by atoms with Crippen LogP contribution in [0.15, 0.2) is 12.3 Å². The molecule has 47 valence electrons. The zero-order valence-electron chi connectivity index (χ0n) is 5.22. The summed E-state index contributed by atoms with van der Waals surface area (Å²) in [4.78, 5) is 0.